The van der Waals surface area contributed by atoms with Crippen molar-refractivity contribution in [3.63, 3.8) is 0 Å². The summed E-state index contributed by atoms with van der Waals surface area (Å²) in [4.78, 5) is 81.1. The van der Waals surface area contributed by atoms with Gasteiger partial charge < -0.3 is 41.4 Å². The second kappa shape index (κ2) is 13.8. The van der Waals surface area contributed by atoms with Crippen LogP contribution in [0.2, 0.25) is 0 Å². The van der Waals surface area contributed by atoms with Crippen LogP contribution in [0, 0.1) is 6.92 Å². The van der Waals surface area contributed by atoms with Crippen molar-refractivity contribution < 1.29 is 54.3 Å². The molecule has 5 heterocycles. The fourth-order valence-electron chi connectivity index (χ4n) is 4.97. The number of thioether (sulfide) groups is 2. The molecule has 20 nitrogen and oxygen atoms in total. The number of phenolic OH excluding ortho intramolecular Hbond substituents is 2. The lowest BCUT2D eigenvalue weighted by Crippen LogP contribution is -2.71. The first-order chi connectivity index (χ1) is 24.2. The quantitative estimate of drug-likeness (QED) is 0.0261. The number of carbonyl (C=O) groups is 5. The molecule has 2 amide bonds. The fourth-order valence-corrected chi connectivity index (χ4v) is 8.05. The van der Waals surface area contributed by atoms with Crippen molar-refractivity contribution in [2.24, 2.45) is 5.16 Å². The van der Waals surface area contributed by atoms with Crippen LogP contribution in [-0.2, 0) is 24.0 Å². The van der Waals surface area contributed by atoms with Gasteiger partial charge in [0.25, 0.3) is 23.4 Å². The highest BCUT2D eigenvalue weighted by molar-refractivity contribution is 8.01. The summed E-state index contributed by atoms with van der Waals surface area (Å²) in [6, 6.07) is 3.55. The maximum Gasteiger partial charge on any atom is 0.375 e. The Morgan fingerprint density at radius 2 is 1.88 bits per heavy atom. The highest BCUT2D eigenvalue weighted by Gasteiger charge is 2.54. The van der Waals surface area contributed by atoms with Crippen molar-refractivity contribution in [3.8, 4) is 11.5 Å². The maximum absolute atomic E-state index is 13.5. The number of nitrogen functional groups attached to an aromatic ring is 1. The normalized spacial score (nSPS) is 17.9. The summed E-state index contributed by atoms with van der Waals surface area (Å²) in [5.74, 6) is -7.37. The molecule has 1 aromatic carbocycles. The molecule has 23 heteroatoms. The third-order valence-corrected chi connectivity index (χ3v) is 10.4. The number of aromatic nitrogens is 5. The number of rotatable bonds is 12. The number of nitrogens with one attached hydrogen (secondary N) is 1. The molecule has 264 valence electrons. The van der Waals surface area contributed by atoms with E-state index in [-0.39, 0.29) is 39.4 Å². The number of benzene rings is 1. The van der Waals surface area contributed by atoms with Crippen LogP contribution >= 0.6 is 34.9 Å². The van der Waals surface area contributed by atoms with Crippen molar-refractivity contribution in [3.05, 3.63) is 63.7 Å². The molecule has 0 saturated carbocycles. The van der Waals surface area contributed by atoms with Gasteiger partial charge in [0.2, 0.25) is 6.10 Å². The summed E-state index contributed by atoms with van der Waals surface area (Å²) in [6.45, 7) is 1.67. The average molecular weight is 758 g/mol. The first kappa shape index (κ1) is 34.9. The van der Waals surface area contributed by atoms with Crippen LogP contribution in [0.15, 0.2) is 51.1 Å². The number of amides is 2. The first-order valence-corrected chi connectivity index (χ1v) is 17.2. The third kappa shape index (κ3) is 6.80. The number of β-lactam (4-membered cyclic amide) rings is 1. The summed E-state index contributed by atoms with van der Waals surface area (Å²) in [5, 5.41) is 59.7. The lowest BCUT2D eigenvalue weighted by Gasteiger charge is -2.49. The van der Waals surface area contributed by atoms with Crippen molar-refractivity contribution in [1.82, 2.24) is 34.8 Å². The van der Waals surface area contributed by atoms with Crippen LogP contribution in [0.25, 0.3) is 5.78 Å². The van der Waals surface area contributed by atoms with Gasteiger partial charge >= 0.3 is 17.9 Å². The van der Waals surface area contributed by atoms with Gasteiger partial charge in [-0.2, -0.15) is 9.50 Å². The Labute approximate surface area is 296 Å². The Morgan fingerprint density at radius 3 is 2.53 bits per heavy atom. The molecule has 2 aliphatic rings. The second-order valence-electron chi connectivity index (χ2n) is 10.7. The lowest BCUT2D eigenvalue weighted by molar-refractivity contribution is -0.151. The molecule has 0 radical (unpaired) electrons. The lowest BCUT2D eigenvalue weighted by atomic mass is 10.0. The van der Waals surface area contributed by atoms with Crippen LogP contribution in [-0.4, -0.2) is 113 Å². The number of carboxylic acids is 3. The van der Waals surface area contributed by atoms with Crippen LogP contribution in [0.3, 0.4) is 0 Å². The topological polar surface area (TPSA) is 305 Å². The van der Waals surface area contributed by atoms with Crippen molar-refractivity contribution in [2.75, 3.05) is 17.2 Å². The van der Waals surface area contributed by atoms with Gasteiger partial charge in [0.1, 0.15) is 27.8 Å². The summed E-state index contributed by atoms with van der Waals surface area (Å²) < 4.78 is 1.23. The van der Waals surface area contributed by atoms with Gasteiger partial charge in [0, 0.05) is 28.1 Å². The van der Waals surface area contributed by atoms with Gasteiger partial charge in [0.15, 0.2) is 22.3 Å². The van der Waals surface area contributed by atoms with Gasteiger partial charge in [-0.1, -0.05) is 11.2 Å². The second-order valence-corrected chi connectivity index (χ2v) is 13.7. The molecular weight excluding hydrogens is 735 g/mol. The van der Waals surface area contributed by atoms with Crippen molar-refractivity contribution in [2.45, 2.75) is 29.5 Å². The molecule has 51 heavy (non-hydrogen) atoms. The number of nitrogens with zero attached hydrogens (tertiary/aromatic N) is 7. The number of aliphatic carboxylic acids is 2. The zero-order valence-corrected chi connectivity index (χ0v) is 28.1. The van der Waals surface area contributed by atoms with E-state index in [4.69, 9.17) is 10.6 Å². The molecule has 0 unspecified atom stereocenters. The van der Waals surface area contributed by atoms with E-state index in [2.05, 4.69) is 30.5 Å². The predicted octanol–water partition coefficient (Wildman–Crippen LogP) is 0.658. The number of aromatic hydroxyl groups is 2. The van der Waals surface area contributed by atoms with Gasteiger partial charge in [0.05, 0.1) is 0 Å². The first-order valence-electron chi connectivity index (χ1n) is 14.2. The molecule has 1 saturated heterocycles. The Bertz CT molecular complexity index is 2200. The van der Waals surface area contributed by atoms with Crippen molar-refractivity contribution in [1.29, 1.82) is 0 Å². The van der Waals surface area contributed by atoms with E-state index < -0.39 is 70.3 Å². The number of aromatic carboxylic acids is 1. The minimum Gasteiger partial charge on any atom is -0.504 e. The number of fused-ring (bicyclic) bond motifs is 2. The average Bonchev–Trinajstić information content (AvgIpc) is 3.71. The summed E-state index contributed by atoms with van der Waals surface area (Å²) in [6.07, 6.45) is -1.85. The van der Waals surface area contributed by atoms with Crippen LogP contribution in [0.1, 0.15) is 33.7 Å². The number of hydrogen-bond acceptors (Lipinski definition) is 17. The molecule has 0 aliphatic carbocycles. The largest absolute Gasteiger partial charge is 0.504 e. The SMILES string of the molecule is Cc1cc(SCC2=C(C(=O)O)N3C(=O)[C@@H](NC(=O)C(=NO[C@@H](C(=O)O)c4ccc(O)c(O)c4)c4csc(N)n4)[C@H]3SC2)n2nc(C(=O)O)nc2n1. The minimum absolute atomic E-state index is 0.0351. The number of carboxylic acid groups (broad SMARTS) is 3. The summed E-state index contributed by atoms with van der Waals surface area (Å²) in [7, 11) is 0. The summed E-state index contributed by atoms with van der Waals surface area (Å²) in [5.41, 5.74) is 5.56. The predicted molar refractivity (Wildman–Crippen MR) is 177 cm³/mol. The Balaban J connectivity index is 1.21. The van der Waals surface area contributed by atoms with Gasteiger partial charge in [-0.15, -0.1) is 40.0 Å². The van der Waals surface area contributed by atoms with Crippen LogP contribution in [0.4, 0.5) is 5.13 Å². The van der Waals surface area contributed by atoms with Crippen LogP contribution in [0.5, 0.6) is 11.5 Å². The molecule has 0 spiro atoms. The zero-order chi connectivity index (χ0) is 36.7. The van der Waals surface area contributed by atoms with E-state index in [1.54, 1.807) is 13.0 Å². The van der Waals surface area contributed by atoms with E-state index in [9.17, 15) is 49.5 Å². The number of carbonyl (C=O) groups excluding carboxylic acids is 2. The molecule has 1 fully saturated rings. The van der Waals surface area contributed by atoms with E-state index in [1.165, 1.54) is 21.7 Å². The highest BCUT2D eigenvalue weighted by Crippen LogP contribution is 2.42. The highest BCUT2D eigenvalue weighted by atomic mass is 32.2. The number of nitrogens with two attached hydrogens (primary N) is 1. The number of phenols is 2. The molecule has 6 rings (SSSR count). The molecule has 0 bridgehead atoms. The standard InChI is InChI=1S/C28H23N9O11S3/c1-9-4-15(37-28(30-9)33-20(34-37)26(46)47)49-6-11-7-50-23-17(22(41)36(23)18(11)24(42)43)32-21(40)16(12-8-51-27(29)31-12)35-48-19(25(44)45)10-2-3-13(38)14(39)5-10/h2-5,8,17,19,23,38-39H,6-7H2,1H3,(H2,29,31)(H,32,40)(H,42,43)(H,44,45)(H,46,47)/t17-,19-,23-/m1/s1. The van der Waals surface area contributed by atoms with Crippen molar-refractivity contribution >= 4 is 81.2 Å². The fraction of sp³-hybridized carbons (Fsp3) is 0.214. The van der Waals surface area contributed by atoms with E-state index in [0.29, 0.717) is 16.3 Å². The Morgan fingerprint density at radius 1 is 1.12 bits per heavy atom. The Kier molecular flexibility index (Phi) is 9.42. The molecule has 8 N–H and O–H groups in total. The molecular formula is C28H23N9O11S3. The van der Waals surface area contributed by atoms with E-state index in [0.717, 1.165) is 46.2 Å². The van der Waals surface area contributed by atoms with Crippen LogP contribution < -0.4 is 11.1 Å². The number of hydrogen-bond donors (Lipinski definition) is 7. The number of aryl methyl sites for hydroxylation is 1. The zero-order valence-electron chi connectivity index (χ0n) is 25.7. The smallest absolute Gasteiger partial charge is 0.375 e. The third-order valence-electron chi connectivity index (χ3n) is 7.29. The molecule has 3 atom stereocenters. The molecule has 3 aromatic heterocycles. The summed E-state index contributed by atoms with van der Waals surface area (Å²) >= 11 is 3.27. The monoisotopic (exact) mass is 757 g/mol. The number of thiazole rings is 1. The molecule has 2 aliphatic heterocycles. The van der Waals surface area contributed by atoms with E-state index >= 15 is 0 Å². The maximum atomic E-state index is 13.5. The van der Waals surface area contributed by atoms with E-state index in [1.807, 2.05) is 0 Å². The molecule has 4 aromatic rings. The Hall–Kier alpha value is -5.94. The number of anilines is 1. The number of oxime groups is 1. The van der Waals surface area contributed by atoms with Gasteiger partial charge in [-0.25, -0.2) is 24.4 Å². The van der Waals surface area contributed by atoms with Gasteiger partial charge in [-0.3, -0.25) is 14.5 Å². The minimum atomic E-state index is -1.85. The van der Waals surface area contributed by atoms with Gasteiger partial charge in [-0.05, 0) is 30.7 Å².